The van der Waals surface area contributed by atoms with Gasteiger partial charge < -0.3 is 15.2 Å². The van der Waals surface area contributed by atoms with Gasteiger partial charge in [0.15, 0.2) is 0 Å². The molecule has 1 aromatic rings. The maximum atomic E-state index is 6.08. The Bertz CT molecular complexity index is 342. The molecular formula is C12H18ClNO2. The molecule has 0 heterocycles. The van der Waals surface area contributed by atoms with Crippen LogP contribution >= 0.6 is 11.6 Å². The van der Waals surface area contributed by atoms with E-state index in [0.29, 0.717) is 17.4 Å². The van der Waals surface area contributed by atoms with Crippen LogP contribution in [0.3, 0.4) is 0 Å². The Morgan fingerprint density at radius 1 is 1.38 bits per heavy atom. The van der Waals surface area contributed by atoms with Crippen LogP contribution in [0.25, 0.3) is 0 Å². The lowest BCUT2D eigenvalue weighted by Gasteiger charge is -2.14. The third-order valence-corrected chi connectivity index (χ3v) is 2.65. The highest BCUT2D eigenvalue weighted by atomic mass is 35.5. The molecule has 0 aliphatic carbocycles. The van der Waals surface area contributed by atoms with Gasteiger partial charge in [-0.25, -0.2) is 0 Å². The molecule has 2 atom stereocenters. The predicted octanol–water partition coefficient (Wildman–Crippen LogP) is 2.77. The van der Waals surface area contributed by atoms with E-state index >= 15 is 0 Å². The maximum absolute atomic E-state index is 6.08. The number of methoxy groups -OCH3 is 1. The second kappa shape index (κ2) is 6.09. The number of hydrogen-bond donors (Lipinski definition) is 1. The summed E-state index contributed by atoms with van der Waals surface area (Å²) in [5, 5.41) is 0.582. The highest BCUT2D eigenvalue weighted by Gasteiger charge is 2.07. The molecule has 2 unspecified atom stereocenters. The normalized spacial score (nSPS) is 14.6. The quantitative estimate of drug-likeness (QED) is 0.865. The van der Waals surface area contributed by atoms with Crippen LogP contribution in [0.5, 0.6) is 5.75 Å². The molecule has 1 rings (SSSR count). The lowest BCUT2D eigenvalue weighted by atomic mass is 10.1. The highest BCUT2D eigenvalue weighted by Crippen LogP contribution is 2.27. The smallest absolute Gasteiger partial charge is 0.138 e. The van der Waals surface area contributed by atoms with Crippen molar-refractivity contribution in [2.75, 3.05) is 13.7 Å². The van der Waals surface area contributed by atoms with E-state index in [1.54, 1.807) is 7.11 Å². The highest BCUT2D eigenvalue weighted by molar-refractivity contribution is 6.32. The molecule has 0 bridgehead atoms. The lowest BCUT2D eigenvalue weighted by Crippen LogP contribution is -2.16. The second-order valence-electron chi connectivity index (χ2n) is 3.84. The zero-order valence-electron chi connectivity index (χ0n) is 9.87. The zero-order valence-corrected chi connectivity index (χ0v) is 10.6. The number of benzene rings is 1. The van der Waals surface area contributed by atoms with E-state index in [0.717, 1.165) is 5.56 Å². The van der Waals surface area contributed by atoms with E-state index in [1.807, 2.05) is 32.0 Å². The van der Waals surface area contributed by atoms with Crippen molar-refractivity contribution in [3.05, 3.63) is 28.8 Å². The molecule has 2 N–H and O–H groups in total. The molecule has 0 fully saturated rings. The number of hydrogen-bond acceptors (Lipinski definition) is 3. The second-order valence-corrected chi connectivity index (χ2v) is 4.24. The van der Waals surface area contributed by atoms with Crippen molar-refractivity contribution in [2.45, 2.75) is 26.0 Å². The van der Waals surface area contributed by atoms with Gasteiger partial charge in [-0.1, -0.05) is 17.7 Å². The van der Waals surface area contributed by atoms with E-state index in [9.17, 15) is 0 Å². The molecule has 0 radical (unpaired) electrons. The van der Waals surface area contributed by atoms with Gasteiger partial charge in [-0.15, -0.1) is 0 Å². The topological polar surface area (TPSA) is 44.5 Å². The standard InChI is InChI=1S/C12H18ClNO2/c1-8(15-3)7-16-12-5-4-10(9(2)14)6-11(12)13/h4-6,8-9H,7,14H2,1-3H3. The molecule has 4 heteroatoms. The lowest BCUT2D eigenvalue weighted by molar-refractivity contribution is 0.0717. The summed E-state index contributed by atoms with van der Waals surface area (Å²) in [5.41, 5.74) is 6.75. The Morgan fingerprint density at radius 3 is 2.56 bits per heavy atom. The van der Waals surface area contributed by atoms with E-state index in [-0.39, 0.29) is 12.1 Å². The molecule has 0 aliphatic heterocycles. The fraction of sp³-hybridized carbons (Fsp3) is 0.500. The predicted molar refractivity (Wildman–Crippen MR) is 66.0 cm³/mol. The molecule has 0 spiro atoms. The van der Waals surface area contributed by atoms with Crippen LogP contribution in [-0.4, -0.2) is 19.8 Å². The van der Waals surface area contributed by atoms with Crippen molar-refractivity contribution in [3.8, 4) is 5.75 Å². The number of rotatable bonds is 5. The summed E-state index contributed by atoms with van der Waals surface area (Å²) in [5.74, 6) is 0.662. The Kier molecular flexibility index (Phi) is 5.06. The summed E-state index contributed by atoms with van der Waals surface area (Å²) >= 11 is 6.08. The Morgan fingerprint density at radius 2 is 2.06 bits per heavy atom. The summed E-state index contributed by atoms with van der Waals surface area (Å²) in [6.45, 7) is 4.33. The first kappa shape index (κ1) is 13.3. The maximum Gasteiger partial charge on any atom is 0.138 e. The minimum Gasteiger partial charge on any atom is -0.489 e. The van der Waals surface area contributed by atoms with E-state index < -0.39 is 0 Å². The van der Waals surface area contributed by atoms with Crippen LogP contribution in [0.2, 0.25) is 5.02 Å². The molecule has 3 nitrogen and oxygen atoms in total. The minimum absolute atomic E-state index is 0.0237. The largest absolute Gasteiger partial charge is 0.489 e. The average Bonchev–Trinajstić information content (AvgIpc) is 2.26. The first-order chi connectivity index (χ1) is 7.54. The first-order valence-electron chi connectivity index (χ1n) is 5.25. The zero-order chi connectivity index (χ0) is 12.1. The van der Waals surface area contributed by atoms with Crippen LogP contribution in [0.15, 0.2) is 18.2 Å². The van der Waals surface area contributed by atoms with Gasteiger partial charge >= 0.3 is 0 Å². The van der Waals surface area contributed by atoms with Gasteiger partial charge in [-0.05, 0) is 31.5 Å². The van der Waals surface area contributed by atoms with Crippen molar-refractivity contribution >= 4 is 11.6 Å². The molecule has 1 aromatic carbocycles. The van der Waals surface area contributed by atoms with Gasteiger partial charge in [0, 0.05) is 13.2 Å². The Labute approximate surface area is 101 Å². The van der Waals surface area contributed by atoms with Crippen LogP contribution in [0.4, 0.5) is 0 Å². The van der Waals surface area contributed by atoms with Gasteiger partial charge in [0.05, 0.1) is 11.1 Å². The SMILES string of the molecule is COC(C)COc1ccc(C(C)N)cc1Cl. The van der Waals surface area contributed by atoms with E-state index in [2.05, 4.69) is 0 Å². The molecule has 0 amide bonds. The van der Waals surface area contributed by atoms with Crippen LogP contribution in [-0.2, 0) is 4.74 Å². The first-order valence-corrected chi connectivity index (χ1v) is 5.63. The third-order valence-electron chi connectivity index (χ3n) is 2.36. The fourth-order valence-corrected chi connectivity index (χ4v) is 1.44. The van der Waals surface area contributed by atoms with Crippen molar-refractivity contribution in [2.24, 2.45) is 5.73 Å². The van der Waals surface area contributed by atoms with E-state index in [1.165, 1.54) is 0 Å². The Hall–Kier alpha value is -0.770. The summed E-state index contributed by atoms with van der Waals surface area (Å²) in [6.07, 6.45) is 0.0455. The Balaban J connectivity index is 2.68. The van der Waals surface area contributed by atoms with Crippen molar-refractivity contribution in [1.29, 1.82) is 0 Å². The van der Waals surface area contributed by atoms with Gasteiger partial charge in [0.25, 0.3) is 0 Å². The van der Waals surface area contributed by atoms with Crippen molar-refractivity contribution in [1.82, 2.24) is 0 Å². The minimum atomic E-state index is -0.0237. The van der Waals surface area contributed by atoms with Crippen LogP contribution in [0, 0.1) is 0 Å². The summed E-state index contributed by atoms with van der Waals surface area (Å²) in [7, 11) is 1.65. The van der Waals surface area contributed by atoms with Crippen LogP contribution in [0.1, 0.15) is 25.5 Å². The fourth-order valence-electron chi connectivity index (χ4n) is 1.19. The molecular weight excluding hydrogens is 226 g/mol. The van der Waals surface area contributed by atoms with E-state index in [4.69, 9.17) is 26.8 Å². The molecule has 0 saturated carbocycles. The molecule has 90 valence electrons. The molecule has 0 aromatic heterocycles. The van der Waals surface area contributed by atoms with Crippen molar-refractivity contribution in [3.63, 3.8) is 0 Å². The number of halogens is 1. The number of nitrogens with two attached hydrogens (primary N) is 1. The summed E-state index contributed by atoms with van der Waals surface area (Å²) < 4.78 is 10.6. The monoisotopic (exact) mass is 243 g/mol. The van der Waals surface area contributed by atoms with Gasteiger partial charge in [-0.3, -0.25) is 0 Å². The van der Waals surface area contributed by atoms with Gasteiger partial charge in [0.2, 0.25) is 0 Å². The third kappa shape index (κ3) is 3.67. The average molecular weight is 244 g/mol. The number of ether oxygens (including phenoxy) is 2. The summed E-state index contributed by atoms with van der Waals surface area (Å²) in [4.78, 5) is 0. The molecule has 16 heavy (non-hydrogen) atoms. The summed E-state index contributed by atoms with van der Waals surface area (Å²) in [6, 6.07) is 5.57. The molecule has 0 aliphatic rings. The van der Waals surface area contributed by atoms with Crippen LogP contribution < -0.4 is 10.5 Å². The van der Waals surface area contributed by atoms with Gasteiger partial charge in [0.1, 0.15) is 12.4 Å². The van der Waals surface area contributed by atoms with Gasteiger partial charge in [-0.2, -0.15) is 0 Å². The molecule has 0 saturated heterocycles. The van der Waals surface area contributed by atoms with Crippen molar-refractivity contribution < 1.29 is 9.47 Å².